The molecule has 0 spiro atoms. The summed E-state index contributed by atoms with van der Waals surface area (Å²) in [6, 6.07) is 16.1. The Hall–Kier alpha value is -2.93. The zero-order chi connectivity index (χ0) is 27.4. The van der Waals surface area contributed by atoms with Crippen molar-refractivity contribution in [1.29, 1.82) is 0 Å². The van der Waals surface area contributed by atoms with E-state index in [4.69, 9.17) is 4.74 Å². The molecule has 2 unspecified atom stereocenters. The van der Waals surface area contributed by atoms with Crippen LogP contribution in [0.4, 0.5) is 5.69 Å². The number of nitrogens with one attached hydrogen (secondary N) is 2. The molecule has 206 valence electrons. The Morgan fingerprint density at radius 3 is 2.44 bits per heavy atom. The second kappa shape index (κ2) is 9.92. The smallest absolute Gasteiger partial charge is 0.250 e. The van der Waals surface area contributed by atoms with Gasteiger partial charge in [-0.25, -0.2) is 0 Å². The Morgan fingerprint density at radius 2 is 1.77 bits per heavy atom. The molecule has 2 aliphatic carbocycles. The normalized spacial score (nSPS) is 23.3. The third-order valence-electron chi connectivity index (χ3n) is 9.43. The van der Waals surface area contributed by atoms with Crippen LogP contribution < -0.4 is 10.1 Å². The zero-order valence-corrected chi connectivity index (χ0v) is 24.2. The number of aryl methyl sites for hydroxylation is 1. The highest BCUT2D eigenvalue weighted by Crippen LogP contribution is 2.67. The van der Waals surface area contributed by atoms with E-state index in [9.17, 15) is 9.59 Å². The number of hydrogen-bond acceptors (Lipinski definition) is 4. The predicted octanol–water partition coefficient (Wildman–Crippen LogP) is 6.51. The van der Waals surface area contributed by atoms with Crippen molar-refractivity contribution in [2.45, 2.75) is 70.4 Å². The molecule has 3 aromatic rings. The average molecular weight is 546 g/mol. The van der Waals surface area contributed by atoms with E-state index >= 15 is 0 Å². The van der Waals surface area contributed by atoms with E-state index in [1.165, 1.54) is 16.6 Å². The number of methoxy groups -OCH3 is 1. The van der Waals surface area contributed by atoms with Crippen molar-refractivity contribution < 1.29 is 14.3 Å². The second-order valence-electron chi connectivity index (χ2n) is 12.1. The summed E-state index contributed by atoms with van der Waals surface area (Å²) in [7, 11) is 1.63. The summed E-state index contributed by atoms with van der Waals surface area (Å²) >= 11 is 1.88. The van der Waals surface area contributed by atoms with Crippen LogP contribution in [0.2, 0.25) is 0 Å². The fraction of sp³-hybridized carbons (Fsp3) is 0.500. The van der Waals surface area contributed by atoms with Gasteiger partial charge < -0.3 is 19.9 Å². The summed E-state index contributed by atoms with van der Waals surface area (Å²) in [6.45, 7) is 6.74. The lowest BCUT2D eigenvalue weighted by atomic mass is 9.87. The van der Waals surface area contributed by atoms with Gasteiger partial charge in [-0.05, 0) is 97.3 Å². The summed E-state index contributed by atoms with van der Waals surface area (Å²) < 4.78 is 5.28. The van der Waals surface area contributed by atoms with Gasteiger partial charge in [-0.1, -0.05) is 32.0 Å². The van der Waals surface area contributed by atoms with Crippen molar-refractivity contribution in [3.63, 3.8) is 0 Å². The Labute approximate surface area is 235 Å². The van der Waals surface area contributed by atoms with Crippen LogP contribution in [0.25, 0.3) is 10.9 Å². The van der Waals surface area contributed by atoms with Gasteiger partial charge in [0.2, 0.25) is 11.8 Å². The van der Waals surface area contributed by atoms with Crippen molar-refractivity contribution in [3.05, 3.63) is 59.8 Å². The van der Waals surface area contributed by atoms with E-state index in [-0.39, 0.29) is 29.2 Å². The molecule has 1 aliphatic heterocycles. The molecule has 3 fully saturated rings. The fourth-order valence-electron chi connectivity index (χ4n) is 7.02. The van der Waals surface area contributed by atoms with Crippen molar-refractivity contribution >= 4 is 40.2 Å². The molecule has 2 saturated carbocycles. The first-order chi connectivity index (χ1) is 18.8. The number of nitrogens with zero attached hydrogens (tertiary/aromatic N) is 1. The number of hydrogen-bond donors (Lipinski definition) is 2. The van der Waals surface area contributed by atoms with Crippen LogP contribution in [0.1, 0.15) is 63.1 Å². The number of benzene rings is 2. The summed E-state index contributed by atoms with van der Waals surface area (Å²) in [5, 5.41) is 4.43. The molecule has 0 radical (unpaired) electrons. The molecule has 2 atom stereocenters. The zero-order valence-electron chi connectivity index (χ0n) is 23.4. The molecule has 1 aromatic heterocycles. The topological polar surface area (TPSA) is 74.4 Å². The number of anilines is 1. The predicted molar refractivity (Wildman–Crippen MR) is 158 cm³/mol. The molecule has 6 nitrogen and oxygen atoms in total. The SMILES string of the molecule is COc1ccc(NC(=O)C2(N(C(=O)CC3C(c4c(C)[nH]c5ccccc45)C3(C)C)C3CC3)CCSCC2)cc1. The van der Waals surface area contributed by atoms with Crippen LogP contribution >= 0.6 is 11.8 Å². The first kappa shape index (κ1) is 26.3. The van der Waals surface area contributed by atoms with Gasteiger partial charge in [0.25, 0.3) is 0 Å². The van der Waals surface area contributed by atoms with Gasteiger partial charge >= 0.3 is 0 Å². The minimum Gasteiger partial charge on any atom is -0.497 e. The number of aromatic nitrogens is 1. The van der Waals surface area contributed by atoms with E-state index in [1.54, 1.807) is 7.11 Å². The van der Waals surface area contributed by atoms with Crippen LogP contribution in [-0.2, 0) is 9.59 Å². The first-order valence-electron chi connectivity index (χ1n) is 14.2. The summed E-state index contributed by atoms with van der Waals surface area (Å²) in [6.07, 6.45) is 3.84. The molecule has 7 heteroatoms. The fourth-order valence-corrected chi connectivity index (χ4v) is 8.18. The summed E-state index contributed by atoms with van der Waals surface area (Å²) in [4.78, 5) is 33.9. The van der Waals surface area contributed by atoms with Crippen LogP contribution in [-0.4, -0.2) is 51.9 Å². The highest BCUT2D eigenvalue weighted by molar-refractivity contribution is 7.99. The van der Waals surface area contributed by atoms with Crippen LogP contribution in [0, 0.1) is 18.3 Å². The number of carbonyl (C=O) groups is 2. The number of carbonyl (C=O) groups excluding carboxylic acids is 2. The molecule has 2 amide bonds. The van der Waals surface area contributed by atoms with E-state index in [2.05, 4.69) is 55.3 Å². The molecule has 1 saturated heterocycles. The van der Waals surface area contributed by atoms with Crippen LogP contribution in [0.5, 0.6) is 5.75 Å². The maximum atomic E-state index is 14.3. The highest BCUT2D eigenvalue weighted by atomic mass is 32.2. The summed E-state index contributed by atoms with van der Waals surface area (Å²) in [5.41, 5.74) is 3.68. The number of amides is 2. The average Bonchev–Trinajstić information content (AvgIpc) is 3.82. The van der Waals surface area contributed by atoms with Crippen LogP contribution in [0.15, 0.2) is 48.5 Å². The van der Waals surface area contributed by atoms with E-state index in [1.807, 2.05) is 40.9 Å². The van der Waals surface area contributed by atoms with Crippen LogP contribution in [0.3, 0.4) is 0 Å². The van der Waals surface area contributed by atoms with Gasteiger partial charge in [0.05, 0.1) is 7.11 Å². The molecule has 0 bridgehead atoms. The highest BCUT2D eigenvalue weighted by Gasteiger charge is 2.61. The van der Waals surface area contributed by atoms with E-state index in [0.29, 0.717) is 25.2 Å². The number of thioether (sulfide) groups is 1. The number of ether oxygens (including phenoxy) is 1. The molecule has 6 rings (SSSR count). The third-order valence-corrected chi connectivity index (χ3v) is 10.4. The van der Waals surface area contributed by atoms with Gasteiger partial charge in [0.15, 0.2) is 0 Å². The second-order valence-corrected chi connectivity index (χ2v) is 13.4. The quantitative estimate of drug-likeness (QED) is 0.338. The largest absolute Gasteiger partial charge is 0.497 e. The Balaban J connectivity index is 1.27. The van der Waals surface area contributed by atoms with Crippen molar-refractivity contribution in [2.24, 2.45) is 11.3 Å². The molecule has 39 heavy (non-hydrogen) atoms. The Kier molecular flexibility index (Phi) is 6.69. The minimum atomic E-state index is -0.797. The third kappa shape index (κ3) is 4.62. The molecule has 2 aromatic carbocycles. The maximum Gasteiger partial charge on any atom is 0.250 e. The lowest BCUT2D eigenvalue weighted by molar-refractivity contribution is -0.147. The molecule has 3 aliphatic rings. The number of fused-ring (bicyclic) bond motifs is 1. The number of H-pyrrole nitrogens is 1. The molecule has 2 N–H and O–H groups in total. The Morgan fingerprint density at radius 1 is 1.08 bits per heavy atom. The Bertz CT molecular complexity index is 1390. The van der Waals surface area contributed by atoms with E-state index in [0.717, 1.165) is 41.3 Å². The van der Waals surface area contributed by atoms with Gasteiger partial charge in [-0.15, -0.1) is 0 Å². The monoisotopic (exact) mass is 545 g/mol. The van der Waals surface area contributed by atoms with E-state index < -0.39 is 5.54 Å². The van der Waals surface area contributed by atoms with Crippen molar-refractivity contribution in [1.82, 2.24) is 9.88 Å². The first-order valence-corrected chi connectivity index (χ1v) is 15.3. The maximum absolute atomic E-state index is 14.3. The number of rotatable bonds is 8. The lowest BCUT2D eigenvalue weighted by Crippen LogP contribution is -2.61. The summed E-state index contributed by atoms with van der Waals surface area (Å²) in [5.74, 6) is 3.20. The standard InChI is InChI=1S/C32H39N3O3S/c1-20-28(24-7-5-6-8-26(24)33-20)29-25(31(29,2)3)19-27(36)35(22-11-12-22)32(15-17-39-18-16-32)30(37)34-21-9-13-23(38-4)14-10-21/h5-10,13-14,22,25,29,33H,11-12,15-19H2,1-4H3,(H,34,37). The van der Waals surface area contributed by atoms with Crippen molar-refractivity contribution in [2.75, 3.05) is 23.9 Å². The molecule has 2 heterocycles. The lowest BCUT2D eigenvalue weighted by Gasteiger charge is -2.45. The molecular formula is C32H39N3O3S. The molecular weight excluding hydrogens is 506 g/mol. The van der Waals surface area contributed by atoms with Gasteiger partial charge in [0, 0.05) is 34.7 Å². The number of aromatic amines is 1. The minimum absolute atomic E-state index is 0.0293. The van der Waals surface area contributed by atoms with Gasteiger partial charge in [-0.2, -0.15) is 11.8 Å². The number of para-hydroxylation sites is 1. The van der Waals surface area contributed by atoms with Crippen molar-refractivity contribution in [3.8, 4) is 5.75 Å². The van der Waals surface area contributed by atoms with Gasteiger partial charge in [-0.3, -0.25) is 9.59 Å². The van der Waals surface area contributed by atoms with Gasteiger partial charge in [0.1, 0.15) is 11.3 Å².